The van der Waals surface area contributed by atoms with Gasteiger partial charge in [0.25, 0.3) is 0 Å². The molecule has 0 saturated carbocycles. The minimum Gasteiger partial charge on any atom is -0.379 e. The lowest BCUT2D eigenvalue weighted by Crippen LogP contribution is -2.37. The van der Waals surface area contributed by atoms with Crippen LogP contribution in [0, 0.1) is 0 Å². The Morgan fingerprint density at radius 3 is 2.12 bits per heavy atom. The summed E-state index contributed by atoms with van der Waals surface area (Å²) < 4.78 is 0. The fourth-order valence-corrected chi connectivity index (χ4v) is 3.52. The molecule has 1 heterocycles. The average Bonchev–Trinajstić information content (AvgIpc) is 3.07. The highest BCUT2D eigenvalue weighted by Crippen LogP contribution is 2.16. The molecule has 3 nitrogen and oxygen atoms in total. The first-order valence-corrected chi connectivity index (χ1v) is 10.9. The van der Waals surface area contributed by atoms with Gasteiger partial charge in [-0.2, -0.15) is 0 Å². The van der Waals surface area contributed by atoms with Crippen molar-refractivity contribution in [3.63, 3.8) is 0 Å². The predicted molar refractivity (Wildman–Crippen MR) is 110 cm³/mol. The predicted octanol–water partition coefficient (Wildman–Crippen LogP) is 6.07. The zero-order valence-electron chi connectivity index (χ0n) is 16.8. The Morgan fingerprint density at radius 1 is 0.960 bits per heavy atom. The molecule has 3 heteroatoms. The number of rotatable bonds is 16. The molecule has 0 aromatic rings. The molecule has 0 aliphatic carbocycles. The Morgan fingerprint density at radius 2 is 1.52 bits per heavy atom. The fourth-order valence-electron chi connectivity index (χ4n) is 3.52. The van der Waals surface area contributed by atoms with Crippen molar-refractivity contribution < 1.29 is 5.11 Å². The van der Waals surface area contributed by atoms with E-state index >= 15 is 0 Å². The maximum Gasteiger partial charge on any atom is 0.106 e. The lowest BCUT2D eigenvalue weighted by atomic mass is 10.1. The molecule has 1 rings (SSSR count). The molecule has 1 aliphatic rings. The Hall–Kier alpha value is -0.670. The fraction of sp³-hybridized carbons (Fsp3) is 0.864. The summed E-state index contributed by atoms with van der Waals surface area (Å²) in [5.74, 6) is 0. The number of aliphatic hydroxyl groups is 1. The van der Waals surface area contributed by atoms with Gasteiger partial charge in [0.1, 0.15) is 12.4 Å². The van der Waals surface area contributed by atoms with Crippen molar-refractivity contribution in [2.75, 3.05) is 6.54 Å². The van der Waals surface area contributed by atoms with E-state index < -0.39 is 0 Å². The molecule has 146 valence electrons. The van der Waals surface area contributed by atoms with Gasteiger partial charge in [0.2, 0.25) is 0 Å². The number of hydrogen-bond acceptors (Lipinski definition) is 3. The normalized spacial score (nSPS) is 19.2. The molecule has 0 spiro atoms. The third kappa shape index (κ3) is 11.5. The van der Waals surface area contributed by atoms with Crippen molar-refractivity contribution in [3.05, 3.63) is 12.2 Å². The van der Waals surface area contributed by atoms with Gasteiger partial charge in [-0.1, -0.05) is 76.9 Å². The standard InChI is InChI=1S/C22H42N2O/c1-3-4-5-6-7-8-9-10-11-12-13-14-15-16-17-18-22-23-19-20-24(22)21(2)25/h14-15,19,21-22,25H,3-13,16-18,20H2,1-2H3/b15-14+. The molecule has 2 atom stereocenters. The van der Waals surface area contributed by atoms with Crippen LogP contribution in [-0.4, -0.2) is 35.2 Å². The van der Waals surface area contributed by atoms with Crippen LogP contribution in [0.3, 0.4) is 0 Å². The third-order valence-electron chi connectivity index (χ3n) is 5.16. The summed E-state index contributed by atoms with van der Waals surface area (Å²) in [5, 5.41) is 9.68. The molecule has 1 aliphatic heterocycles. The van der Waals surface area contributed by atoms with Crippen LogP contribution in [-0.2, 0) is 0 Å². The van der Waals surface area contributed by atoms with E-state index in [2.05, 4.69) is 24.1 Å². The van der Waals surface area contributed by atoms with Gasteiger partial charge < -0.3 is 5.11 Å². The van der Waals surface area contributed by atoms with Crippen LogP contribution in [0.2, 0.25) is 0 Å². The number of allylic oxidation sites excluding steroid dienone is 2. The Kier molecular flexibility index (Phi) is 13.9. The Labute approximate surface area is 156 Å². The topological polar surface area (TPSA) is 35.8 Å². The summed E-state index contributed by atoms with van der Waals surface area (Å²) in [6.07, 6.45) is 25.1. The molecule has 0 radical (unpaired) electrons. The van der Waals surface area contributed by atoms with Crippen LogP contribution in [0.1, 0.15) is 104 Å². The van der Waals surface area contributed by atoms with E-state index in [4.69, 9.17) is 0 Å². The van der Waals surface area contributed by atoms with Gasteiger partial charge >= 0.3 is 0 Å². The van der Waals surface area contributed by atoms with Crippen molar-refractivity contribution in [2.45, 2.75) is 116 Å². The van der Waals surface area contributed by atoms with Crippen LogP contribution in [0.4, 0.5) is 0 Å². The second-order valence-electron chi connectivity index (χ2n) is 7.51. The molecule has 0 aromatic carbocycles. The highest BCUT2D eigenvalue weighted by atomic mass is 16.3. The summed E-state index contributed by atoms with van der Waals surface area (Å²) in [6.45, 7) is 4.90. The van der Waals surface area contributed by atoms with Gasteiger partial charge in [-0.25, -0.2) is 0 Å². The van der Waals surface area contributed by atoms with Gasteiger partial charge in [-0.15, -0.1) is 0 Å². The number of aliphatic imine (C=N–C) groups is 1. The first kappa shape index (κ1) is 22.4. The van der Waals surface area contributed by atoms with E-state index in [-0.39, 0.29) is 12.4 Å². The van der Waals surface area contributed by atoms with Crippen molar-refractivity contribution in [1.82, 2.24) is 4.90 Å². The zero-order valence-corrected chi connectivity index (χ0v) is 16.8. The molecule has 0 amide bonds. The van der Waals surface area contributed by atoms with E-state index in [9.17, 15) is 5.11 Å². The van der Waals surface area contributed by atoms with Crippen LogP contribution in [0.15, 0.2) is 17.1 Å². The molecule has 0 aromatic heterocycles. The molecule has 1 N–H and O–H groups in total. The number of nitrogens with zero attached hydrogens (tertiary/aromatic N) is 2. The van der Waals surface area contributed by atoms with Crippen molar-refractivity contribution in [2.24, 2.45) is 4.99 Å². The maximum absolute atomic E-state index is 9.68. The lowest BCUT2D eigenvalue weighted by Gasteiger charge is -2.25. The van der Waals surface area contributed by atoms with E-state index in [0.29, 0.717) is 0 Å². The van der Waals surface area contributed by atoms with E-state index in [1.54, 1.807) is 0 Å². The van der Waals surface area contributed by atoms with Crippen molar-refractivity contribution in [1.29, 1.82) is 0 Å². The van der Waals surface area contributed by atoms with E-state index in [0.717, 1.165) is 25.8 Å². The molecule has 0 fully saturated rings. The van der Waals surface area contributed by atoms with Crippen molar-refractivity contribution >= 4 is 6.21 Å². The quantitative estimate of drug-likeness (QED) is 0.271. The van der Waals surface area contributed by atoms with Crippen LogP contribution in [0.5, 0.6) is 0 Å². The molecule has 25 heavy (non-hydrogen) atoms. The highest BCUT2D eigenvalue weighted by molar-refractivity contribution is 5.62. The summed E-state index contributed by atoms with van der Waals surface area (Å²) in [6, 6.07) is 0. The van der Waals surface area contributed by atoms with Gasteiger partial charge in [0.15, 0.2) is 0 Å². The Bertz CT molecular complexity index is 352. The number of unbranched alkanes of at least 4 members (excludes halogenated alkanes) is 11. The minimum absolute atomic E-state index is 0.190. The molecular formula is C22H42N2O. The van der Waals surface area contributed by atoms with Crippen LogP contribution in [0.25, 0.3) is 0 Å². The van der Waals surface area contributed by atoms with Crippen LogP contribution < -0.4 is 0 Å². The second-order valence-corrected chi connectivity index (χ2v) is 7.51. The Balaban J connectivity index is 1.84. The van der Waals surface area contributed by atoms with Crippen LogP contribution >= 0.6 is 0 Å². The maximum atomic E-state index is 9.68. The minimum atomic E-state index is -0.389. The van der Waals surface area contributed by atoms with Gasteiger partial charge in [0.05, 0.1) is 0 Å². The van der Waals surface area contributed by atoms with Gasteiger partial charge in [-0.3, -0.25) is 9.89 Å². The summed E-state index contributed by atoms with van der Waals surface area (Å²) in [4.78, 5) is 6.51. The molecule has 0 saturated heterocycles. The van der Waals surface area contributed by atoms with E-state index in [1.807, 2.05) is 18.0 Å². The zero-order chi connectivity index (χ0) is 18.2. The SMILES string of the molecule is CCCCCCCCCCCC/C=C/CCCC1N=CCN1C(C)O. The van der Waals surface area contributed by atoms with E-state index in [1.165, 1.54) is 70.6 Å². The number of hydrogen-bond donors (Lipinski definition) is 1. The second kappa shape index (κ2) is 15.6. The largest absolute Gasteiger partial charge is 0.379 e. The number of aliphatic hydroxyl groups excluding tert-OH is 1. The summed E-state index contributed by atoms with van der Waals surface area (Å²) in [7, 11) is 0. The molecular weight excluding hydrogens is 308 g/mol. The lowest BCUT2D eigenvalue weighted by molar-refractivity contribution is 0.00732. The smallest absolute Gasteiger partial charge is 0.106 e. The van der Waals surface area contributed by atoms with Gasteiger partial charge in [-0.05, 0) is 39.0 Å². The monoisotopic (exact) mass is 350 g/mol. The third-order valence-corrected chi connectivity index (χ3v) is 5.16. The summed E-state index contributed by atoms with van der Waals surface area (Å²) >= 11 is 0. The first-order chi connectivity index (χ1) is 12.3. The average molecular weight is 351 g/mol. The summed E-state index contributed by atoms with van der Waals surface area (Å²) in [5.41, 5.74) is 0. The van der Waals surface area contributed by atoms with Gasteiger partial charge in [0, 0.05) is 12.8 Å². The molecule has 0 bridgehead atoms. The van der Waals surface area contributed by atoms with Crippen molar-refractivity contribution in [3.8, 4) is 0 Å². The highest BCUT2D eigenvalue weighted by Gasteiger charge is 2.23. The molecule has 2 unspecified atom stereocenters. The first-order valence-electron chi connectivity index (χ1n) is 10.9.